The third kappa shape index (κ3) is 2.92. The zero-order valence-corrected chi connectivity index (χ0v) is 11.9. The summed E-state index contributed by atoms with van der Waals surface area (Å²) >= 11 is 6.10. The van der Waals surface area contributed by atoms with Crippen LogP contribution in [0.15, 0.2) is 11.0 Å². The molecule has 106 valence electrons. The second-order valence-corrected chi connectivity index (χ2v) is 5.50. The van der Waals surface area contributed by atoms with E-state index in [-0.39, 0.29) is 22.7 Å². The summed E-state index contributed by atoms with van der Waals surface area (Å²) in [5, 5.41) is 17.1. The van der Waals surface area contributed by atoms with Gasteiger partial charge < -0.3 is 10.4 Å². The van der Waals surface area contributed by atoms with Crippen molar-refractivity contribution in [3.8, 4) is 0 Å². The van der Waals surface area contributed by atoms with Crippen LogP contribution in [0.4, 0.5) is 5.69 Å². The normalized spacial score (nSPS) is 18.3. The van der Waals surface area contributed by atoms with Gasteiger partial charge in [-0.3, -0.25) is 4.79 Å². The van der Waals surface area contributed by atoms with Gasteiger partial charge in [0.1, 0.15) is 5.02 Å². The lowest BCUT2D eigenvalue weighted by atomic mass is 9.82. The molecule has 0 amide bonds. The summed E-state index contributed by atoms with van der Waals surface area (Å²) in [5.41, 5.74) is -0.139. The van der Waals surface area contributed by atoms with Gasteiger partial charge >= 0.3 is 0 Å². The molecule has 0 aromatic carbocycles. The van der Waals surface area contributed by atoms with Crippen molar-refractivity contribution in [2.45, 2.75) is 51.1 Å². The van der Waals surface area contributed by atoms with Crippen molar-refractivity contribution in [1.82, 2.24) is 9.78 Å². The first-order valence-electron chi connectivity index (χ1n) is 6.76. The van der Waals surface area contributed by atoms with Crippen LogP contribution in [0.25, 0.3) is 0 Å². The minimum Gasteiger partial charge on any atom is -0.394 e. The van der Waals surface area contributed by atoms with Gasteiger partial charge in [0.05, 0.1) is 24.0 Å². The summed E-state index contributed by atoms with van der Waals surface area (Å²) in [4.78, 5) is 11.9. The third-order valence-electron chi connectivity index (χ3n) is 3.80. The van der Waals surface area contributed by atoms with E-state index in [1.165, 1.54) is 11.1 Å². The number of aromatic nitrogens is 2. The van der Waals surface area contributed by atoms with E-state index >= 15 is 0 Å². The Labute approximate surface area is 117 Å². The number of aliphatic hydroxyl groups is 1. The minimum absolute atomic E-state index is 0.0419. The molecule has 0 saturated heterocycles. The van der Waals surface area contributed by atoms with Crippen molar-refractivity contribution in [2.75, 3.05) is 11.9 Å². The van der Waals surface area contributed by atoms with Crippen LogP contribution in [0.2, 0.25) is 5.02 Å². The highest BCUT2D eigenvalue weighted by Crippen LogP contribution is 2.32. The molecule has 2 rings (SSSR count). The summed E-state index contributed by atoms with van der Waals surface area (Å²) in [6.07, 6.45) is 6.68. The lowest BCUT2D eigenvalue weighted by Gasteiger charge is -2.37. The number of nitrogens with one attached hydrogen (secondary N) is 1. The molecule has 1 saturated carbocycles. The van der Waals surface area contributed by atoms with E-state index in [9.17, 15) is 9.90 Å². The van der Waals surface area contributed by atoms with Crippen LogP contribution in [-0.2, 0) is 6.54 Å². The monoisotopic (exact) mass is 285 g/mol. The van der Waals surface area contributed by atoms with Gasteiger partial charge in [-0.05, 0) is 19.8 Å². The number of hydrogen-bond acceptors (Lipinski definition) is 4. The second kappa shape index (κ2) is 5.92. The van der Waals surface area contributed by atoms with E-state index in [0.717, 1.165) is 25.7 Å². The zero-order valence-electron chi connectivity index (χ0n) is 11.2. The van der Waals surface area contributed by atoms with E-state index < -0.39 is 0 Å². The molecule has 0 unspecified atom stereocenters. The molecule has 1 aromatic rings. The van der Waals surface area contributed by atoms with E-state index in [0.29, 0.717) is 12.2 Å². The van der Waals surface area contributed by atoms with Crippen molar-refractivity contribution in [3.05, 3.63) is 21.6 Å². The largest absolute Gasteiger partial charge is 0.394 e. The third-order valence-corrected chi connectivity index (χ3v) is 4.16. The number of halogens is 1. The van der Waals surface area contributed by atoms with Crippen LogP contribution in [0.5, 0.6) is 0 Å². The highest BCUT2D eigenvalue weighted by Gasteiger charge is 2.32. The predicted octanol–water partition coefficient (Wildman–Crippen LogP) is 2.02. The van der Waals surface area contributed by atoms with Crippen molar-refractivity contribution in [1.29, 1.82) is 0 Å². The van der Waals surface area contributed by atoms with Gasteiger partial charge in [-0.25, -0.2) is 4.68 Å². The molecule has 5 nitrogen and oxygen atoms in total. The molecule has 0 radical (unpaired) electrons. The predicted molar refractivity (Wildman–Crippen MR) is 75.7 cm³/mol. The maximum atomic E-state index is 11.9. The molecule has 1 heterocycles. The molecule has 0 atom stereocenters. The number of aliphatic hydroxyl groups excluding tert-OH is 1. The summed E-state index contributed by atoms with van der Waals surface area (Å²) < 4.78 is 1.32. The van der Waals surface area contributed by atoms with Gasteiger partial charge in [-0.15, -0.1) is 0 Å². The molecule has 1 aliphatic carbocycles. The molecular formula is C13H20ClN3O2. The van der Waals surface area contributed by atoms with Crippen LogP contribution in [0, 0.1) is 0 Å². The Balaban J connectivity index is 2.27. The smallest absolute Gasteiger partial charge is 0.287 e. The highest BCUT2D eigenvalue weighted by atomic mass is 35.5. The molecule has 0 aliphatic heterocycles. The molecular weight excluding hydrogens is 266 g/mol. The molecule has 1 aliphatic rings. The van der Waals surface area contributed by atoms with Gasteiger partial charge in [-0.1, -0.05) is 30.9 Å². The Morgan fingerprint density at radius 3 is 2.74 bits per heavy atom. The number of rotatable bonds is 4. The summed E-state index contributed by atoms with van der Waals surface area (Å²) in [6, 6.07) is 0. The fourth-order valence-electron chi connectivity index (χ4n) is 2.61. The molecule has 1 aromatic heterocycles. The number of aryl methyl sites for hydroxylation is 1. The molecule has 19 heavy (non-hydrogen) atoms. The quantitative estimate of drug-likeness (QED) is 0.888. The van der Waals surface area contributed by atoms with Crippen molar-refractivity contribution >= 4 is 17.3 Å². The first kappa shape index (κ1) is 14.3. The Hall–Kier alpha value is -1.07. The van der Waals surface area contributed by atoms with Crippen LogP contribution in [0.1, 0.15) is 39.0 Å². The van der Waals surface area contributed by atoms with Gasteiger partial charge in [0, 0.05) is 6.54 Å². The van der Waals surface area contributed by atoms with Crippen molar-refractivity contribution in [3.63, 3.8) is 0 Å². The van der Waals surface area contributed by atoms with Crippen LogP contribution >= 0.6 is 11.6 Å². The summed E-state index contributed by atoms with van der Waals surface area (Å²) in [7, 11) is 0. The van der Waals surface area contributed by atoms with Gasteiger partial charge in [-0.2, -0.15) is 5.10 Å². The number of anilines is 1. The highest BCUT2D eigenvalue weighted by molar-refractivity contribution is 6.32. The zero-order chi connectivity index (χ0) is 13.9. The maximum Gasteiger partial charge on any atom is 0.287 e. The summed E-state index contributed by atoms with van der Waals surface area (Å²) in [6.45, 7) is 2.37. The van der Waals surface area contributed by atoms with Gasteiger partial charge in [0.15, 0.2) is 0 Å². The molecule has 1 fully saturated rings. The number of nitrogens with zero attached hydrogens (tertiary/aromatic N) is 2. The average Bonchev–Trinajstić information content (AvgIpc) is 2.45. The van der Waals surface area contributed by atoms with Crippen LogP contribution < -0.4 is 10.9 Å². The fourth-order valence-corrected chi connectivity index (χ4v) is 2.81. The molecule has 0 bridgehead atoms. The Kier molecular flexibility index (Phi) is 4.47. The Bertz CT molecular complexity index is 495. The molecule has 0 spiro atoms. The van der Waals surface area contributed by atoms with E-state index in [1.54, 1.807) is 6.20 Å². The van der Waals surface area contributed by atoms with Crippen molar-refractivity contribution in [2.24, 2.45) is 0 Å². The van der Waals surface area contributed by atoms with Crippen LogP contribution in [0.3, 0.4) is 0 Å². The fraction of sp³-hybridized carbons (Fsp3) is 0.692. The first-order chi connectivity index (χ1) is 9.12. The lowest BCUT2D eigenvalue weighted by molar-refractivity contribution is 0.173. The molecule has 6 heteroatoms. The standard InChI is InChI=1S/C13H20ClN3O2/c1-2-17-12(19)11(14)10(8-15-17)16-13(9-18)6-4-3-5-7-13/h8,16,18H,2-7,9H2,1H3. The minimum atomic E-state index is -0.367. The first-order valence-corrected chi connectivity index (χ1v) is 7.14. The van der Waals surface area contributed by atoms with Crippen molar-refractivity contribution < 1.29 is 5.11 Å². The molecule has 2 N–H and O–H groups in total. The topological polar surface area (TPSA) is 67.2 Å². The van der Waals surface area contributed by atoms with Gasteiger partial charge in [0.2, 0.25) is 0 Å². The van der Waals surface area contributed by atoms with E-state index in [1.807, 2.05) is 6.92 Å². The Morgan fingerprint density at radius 2 is 2.16 bits per heavy atom. The van der Waals surface area contributed by atoms with Crippen LogP contribution in [-0.4, -0.2) is 27.0 Å². The maximum absolute atomic E-state index is 11.9. The van der Waals surface area contributed by atoms with E-state index in [2.05, 4.69) is 10.4 Å². The Morgan fingerprint density at radius 1 is 1.47 bits per heavy atom. The second-order valence-electron chi connectivity index (χ2n) is 5.12. The van der Waals surface area contributed by atoms with E-state index in [4.69, 9.17) is 11.6 Å². The lowest BCUT2D eigenvalue weighted by Crippen LogP contribution is -2.44. The van der Waals surface area contributed by atoms with Gasteiger partial charge in [0.25, 0.3) is 5.56 Å². The SMILES string of the molecule is CCn1ncc(NC2(CO)CCCCC2)c(Cl)c1=O. The summed E-state index contributed by atoms with van der Waals surface area (Å²) in [5.74, 6) is 0. The number of hydrogen-bond donors (Lipinski definition) is 2. The average molecular weight is 286 g/mol.